The fourth-order valence-electron chi connectivity index (χ4n) is 4.28. The summed E-state index contributed by atoms with van der Waals surface area (Å²) in [7, 11) is 1.70. The average Bonchev–Trinajstić information content (AvgIpc) is 3.11. The number of H-pyrrole nitrogens is 1. The van der Waals surface area contributed by atoms with E-state index in [1.54, 1.807) is 13.4 Å². The van der Waals surface area contributed by atoms with Crippen LogP contribution in [0.5, 0.6) is 0 Å². The number of likely N-dealkylation sites (tertiary alicyclic amines) is 1. The quantitative estimate of drug-likeness (QED) is 0.759. The van der Waals surface area contributed by atoms with Crippen LogP contribution in [0.4, 0.5) is 11.8 Å². The molecule has 2 aliphatic heterocycles. The van der Waals surface area contributed by atoms with Crippen LogP contribution in [0.15, 0.2) is 6.33 Å². The second-order valence-corrected chi connectivity index (χ2v) is 7.04. The zero-order chi connectivity index (χ0) is 18.1. The number of aromatic nitrogens is 4. The topological polar surface area (TPSA) is 113 Å². The van der Waals surface area contributed by atoms with E-state index in [1.807, 2.05) is 0 Å². The van der Waals surface area contributed by atoms with Gasteiger partial charge < -0.3 is 25.3 Å². The Bertz CT molecular complexity index is 793. The molecule has 2 atom stereocenters. The van der Waals surface area contributed by atoms with Gasteiger partial charge in [0.2, 0.25) is 11.9 Å². The zero-order valence-corrected chi connectivity index (χ0v) is 15.0. The number of ether oxygens (including phenoxy) is 1. The van der Waals surface area contributed by atoms with Crippen molar-refractivity contribution in [1.82, 2.24) is 24.8 Å². The average molecular weight is 359 g/mol. The van der Waals surface area contributed by atoms with Crippen molar-refractivity contribution in [2.75, 3.05) is 44.0 Å². The van der Waals surface area contributed by atoms with Crippen LogP contribution in [0.3, 0.4) is 0 Å². The van der Waals surface area contributed by atoms with Crippen LogP contribution in [0.25, 0.3) is 11.2 Å². The van der Waals surface area contributed by atoms with Crippen LogP contribution in [0, 0.1) is 5.92 Å². The summed E-state index contributed by atoms with van der Waals surface area (Å²) < 4.78 is 5.14. The van der Waals surface area contributed by atoms with Gasteiger partial charge in [0.1, 0.15) is 5.52 Å². The van der Waals surface area contributed by atoms with E-state index in [1.165, 1.54) is 0 Å². The second kappa shape index (κ2) is 7.06. The number of imidazole rings is 1. The molecule has 0 aromatic carbocycles. The number of hydrogen-bond acceptors (Lipinski definition) is 7. The third-order valence-electron chi connectivity index (χ3n) is 5.47. The third kappa shape index (κ3) is 3.07. The molecule has 0 spiro atoms. The Morgan fingerprint density at radius 3 is 3.12 bits per heavy atom. The number of nitrogen functional groups attached to an aromatic ring is 1. The monoisotopic (exact) mass is 359 g/mol. The smallest absolute Gasteiger partial charge is 0.224 e. The summed E-state index contributed by atoms with van der Waals surface area (Å²) in [4.78, 5) is 32.7. The van der Waals surface area contributed by atoms with Gasteiger partial charge in [-0.15, -0.1) is 0 Å². The Labute approximate surface area is 151 Å². The lowest BCUT2D eigenvalue weighted by molar-refractivity contribution is -0.139. The number of nitrogens with two attached hydrogens (primary N) is 1. The minimum absolute atomic E-state index is 0.238. The maximum Gasteiger partial charge on any atom is 0.224 e. The van der Waals surface area contributed by atoms with E-state index in [0.717, 1.165) is 50.2 Å². The highest BCUT2D eigenvalue weighted by atomic mass is 16.5. The van der Waals surface area contributed by atoms with Crippen LogP contribution in [0.2, 0.25) is 0 Å². The molecule has 4 heterocycles. The molecular weight excluding hydrogens is 334 g/mol. The van der Waals surface area contributed by atoms with Gasteiger partial charge in [-0.05, 0) is 25.2 Å². The van der Waals surface area contributed by atoms with E-state index in [-0.39, 0.29) is 11.9 Å². The number of rotatable bonds is 5. The predicted octanol–water partition coefficient (Wildman–Crippen LogP) is 0.789. The van der Waals surface area contributed by atoms with E-state index in [4.69, 9.17) is 10.5 Å². The molecule has 0 bridgehead atoms. The lowest BCUT2D eigenvalue weighted by atomic mass is 9.83. The van der Waals surface area contributed by atoms with Crippen molar-refractivity contribution < 1.29 is 9.53 Å². The molecule has 4 rings (SSSR count). The maximum absolute atomic E-state index is 12.4. The Morgan fingerprint density at radius 1 is 1.38 bits per heavy atom. The second-order valence-electron chi connectivity index (χ2n) is 7.04. The molecule has 0 radical (unpaired) electrons. The lowest BCUT2D eigenvalue weighted by Gasteiger charge is -2.47. The molecule has 140 valence electrons. The normalized spacial score (nSPS) is 23.5. The number of fused-ring (bicyclic) bond motifs is 2. The number of nitrogens with zero attached hydrogens (tertiary/aromatic N) is 5. The SMILES string of the molecule is COCCCN1C(=O)CC[C@H]2CN(c3nc(N)nc4nc[nH]c34)CC[C@H]21. The largest absolute Gasteiger partial charge is 0.385 e. The van der Waals surface area contributed by atoms with E-state index >= 15 is 0 Å². The standard InChI is InChI=1S/C17H25N7O2/c1-26-8-2-6-24-12-5-7-23(9-11(12)3-4-13(24)25)16-14-15(20-10-19-14)21-17(18)22-16/h10-12H,2-9H2,1H3,(H3,18,19,20,21,22)/t11-,12+/m0/s1. The predicted molar refractivity (Wildman–Crippen MR) is 97.6 cm³/mol. The molecular formula is C17H25N7O2. The number of anilines is 2. The molecule has 3 N–H and O–H groups in total. The number of methoxy groups -OCH3 is 1. The summed E-state index contributed by atoms with van der Waals surface area (Å²) in [5.41, 5.74) is 7.28. The van der Waals surface area contributed by atoms with Crippen LogP contribution < -0.4 is 10.6 Å². The van der Waals surface area contributed by atoms with Crippen molar-refractivity contribution in [3.63, 3.8) is 0 Å². The summed E-state index contributed by atoms with van der Waals surface area (Å²) in [6.45, 7) is 3.16. The molecule has 0 unspecified atom stereocenters. The molecule has 1 amide bonds. The van der Waals surface area contributed by atoms with Crippen LogP contribution in [-0.4, -0.2) is 70.1 Å². The Kier molecular flexibility index (Phi) is 4.62. The summed E-state index contributed by atoms with van der Waals surface area (Å²) in [6.07, 6.45) is 4.97. The molecule has 9 nitrogen and oxygen atoms in total. The Morgan fingerprint density at radius 2 is 2.27 bits per heavy atom. The van der Waals surface area contributed by atoms with E-state index in [0.29, 0.717) is 30.6 Å². The fraction of sp³-hybridized carbons (Fsp3) is 0.647. The van der Waals surface area contributed by atoms with Gasteiger partial charge >= 0.3 is 0 Å². The first-order valence-corrected chi connectivity index (χ1v) is 9.17. The Balaban J connectivity index is 1.52. The minimum Gasteiger partial charge on any atom is -0.385 e. The van der Waals surface area contributed by atoms with Gasteiger partial charge in [0.25, 0.3) is 0 Å². The van der Waals surface area contributed by atoms with Gasteiger partial charge in [-0.3, -0.25) is 4.79 Å². The van der Waals surface area contributed by atoms with Gasteiger partial charge in [0, 0.05) is 45.8 Å². The Hall–Kier alpha value is -2.42. The van der Waals surface area contributed by atoms with Crippen molar-refractivity contribution in [1.29, 1.82) is 0 Å². The molecule has 0 aliphatic carbocycles. The van der Waals surface area contributed by atoms with Gasteiger partial charge in [-0.25, -0.2) is 4.98 Å². The van der Waals surface area contributed by atoms with Gasteiger partial charge in [0.05, 0.1) is 6.33 Å². The number of aromatic amines is 1. The molecule has 2 aromatic heterocycles. The number of amides is 1. The molecule has 2 aliphatic rings. The molecule has 26 heavy (non-hydrogen) atoms. The first-order chi connectivity index (χ1) is 12.7. The summed E-state index contributed by atoms with van der Waals surface area (Å²) in [5.74, 6) is 1.77. The number of carbonyl (C=O) groups is 1. The first-order valence-electron chi connectivity index (χ1n) is 9.17. The molecule has 0 saturated carbocycles. The third-order valence-corrected chi connectivity index (χ3v) is 5.47. The number of carbonyl (C=O) groups excluding carboxylic acids is 1. The summed E-state index contributed by atoms with van der Waals surface area (Å²) in [5, 5.41) is 0. The van der Waals surface area contributed by atoms with Crippen LogP contribution in [0.1, 0.15) is 25.7 Å². The van der Waals surface area contributed by atoms with E-state index in [9.17, 15) is 4.79 Å². The fourth-order valence-corrected chi connectivity index (χ4v) is 4.28. The number of piperidine rings is 2. The first kappa shape index (κ1) is 17.0. The summed E-state index contributed by atoms with van der Waals surface area (Å²) >= 11 is 0. The van der Waals surface area contributed by atoms with Crippen molar-refractivity contribution in [2.24, 2.45) is 5.92 Å². The molecule has 2 saturated heterocycles. The van der Waals surface area contributed by atoms with Crippen molar-refractivity contribution in [3.8, 4) is 0 Å². The van der Waals surface area contributed by atoms with Crippen molar-refractivity contribution >= 4 is 28.8 Å². The van der Waals surface area contributed by atoms with Gasteiger partial charge in [0.15, 0.2) is 11.5 Å². The summed E-state index contributed by atoms with van der Waals surface area (Å²) in [6, 6.07) is 0.306. The molecule has 2 aromatic rings. The highest BCUT2D eigenvalue weighted by Crippen LogP contribution is 2.34. The van der Waals surface area contributed by atoms with Crippen molar-refractivity contribution in [2.45, 2.75) is 31.7 Å². The number of hydrogen-bond donors (Lipinski definition) is 2. The highest BCUT2D eigenvalue weighted by Gasteiger charge is 2.39. The number of nitrogens with one attached hydrogen (secondary N) is 1. The molecule has 9 heteroatoms. The minimum atomic E-state index is 0.238. The van der Waals surface area contributed by atoms with E-state index < -0.39 is 0 Å². The maximum atomic E-state index is 12.4. The zero-order valence-electron chi connectivity index (χ0n) is 15.0. The molecule has 2 fully saturated rings. The van der Waals surface area contributed by atoms with Gasteiger partial charge in [-0.2, -0.15) is 9.97 Å². The van der Waals surface area contributed by atoms with Crippen LogP contribution in [-0.2, 0) is 9.53 Å². The van der Waals surface area contributed by atoms with Crippen LogP contribution >= 0.6 is 0 Å². The van der Waals surface area contributed by atoms with E-state index in [2.05, 4.69) is 29.7 Å². The van der Waals surface area contributed by atoms with Crippen molar-refractivity contribution in [3.05, 3.63) is 6.33 Å². The van der Waals surface area contributed by atoms with Gasteiger partial charge in [-0.1, -0.05) is 0 Å². The lowest BCUT2D eigenvalue weighted by Crippen LogP contribution is -2.56. The highest BCUT2D eigenvalue weighted by molar-refractivity contribution is 5.84.